The summed E-state index contributed by atoms with van der Waals surface area (Å²) >= 11 is 1.61. The molecule has 0 fully saturated rings. The van der Waals surface area contributed by atoms with E-state index in [1.807, 2.05) is 47.8 Å². The molecule has 2 aromatic carbocycles. The van der Waals surface area contributed by atoms with Crippen LogP contribution in [0.15, 0.2) is 72.1 Å². The molecule has 3 aromatic rings. The van der Waals surface area contributed by atoms with E-state index in [0.717, 1.165) is 10.6 Å². The predicted molar refractivity (Wildman–Crippen MR) is 98.6 cm³/mol. The van der Waals surface area contributed by atoms with E-state index in [9.17, 15) is 4.79 Å². The van der Waals surface area contributed by atoms with Crippen LogP contribution in [0, 0.1) is 11.3 Å². The average molecular weight is 348 g/mol. The van der Waals surface area contributed by atoms with Crippen LogP contribution in [0.1, 0.15) is 10.4 Å². The summed E-state index contributed by atoms with van der Waals surface area (Å²) in [6, 6.07) is 22.4. The quantitative estimate of drug-likeness (QED) is 0.670. The molecule has 124 valence electrons. The van der Waals surface area contributed by atoms with Crippen molar-refractivity contribution in [3.8, 4) is 11.8 Å². The maximum Gasteiger partial charge on any atom is 0.265 e. The van der Waals surface area contributed by atoms with E-state index in [1.165, 1.54) is 0 Å². The lowest BCUT2D eigenvalue weighted by atomic mass is 10.2. The van der Waals surface area contributed by atoms with Gasteiger partial charge in [-0.25, -0.2) is 0 Å². The number of anilines is 1. The Labute approximate surface area is 150 Å². The Morgan fingerprint density at radius 2 is 1.92 bits per heavy atom. The first-order chi connectivity index (χ1) is 12.3. The molecule has 0 aliphatic heterocycles. The van der Waals surface area contributed by atoms with E-state index in [2.05, 4.69) is 6.07 Å². The van der Waals surface area contributed by atoms with Crippen LogP contribution in [-0.2, 0) is 11.3 Å². The van der Waals surface area contributed by atoms with Gasteiger partial charge in [0.05, 0.1) is 18.2 Å². The third-order valence-electron chi connectivity index (χ3n) is 3.59. The molecule has 0 N–H and O–H groups in total. The second kappa shape index (κ2) is 8.13. The number of benzene rings is 2. The van der Waals surface area contributed by atoms with Gasteiger partial charge in [0, 0.05) is 10.6 Å². The number of amides is 1. The summed E-state index contributed by atoms with van der Waals surface area (Å²) in [5.41, 5.74) is 1.33. The lowest BCUT2D eigenvalue weighted by Crippen LogP contribution is -2.34. The molecule has 0 radical (unpaired) electrons. The van der Waals surface area contributed by atoms with Crippen molar-refractivity contribution in [3.63, 3.8) is 0 Å². The fraction of sp³-hybridized carbons (Fsp3) is 0.100. The highest BCUT2D eigenvalue weighted by Gasteiger charge is 2.17. The zero-order valence-corrected chi connectivity index (χ0v) is 14.3. The molecular formula is C20H16N2O2S. The summed E-state index contributed by atoms with van der Waals surface area (Å²) in [6.07, 6.45) is 0. The molecule has 3 rings (SSSR count). The smallest absolute Gasteiger partial charge is 0.265 e. The van der Waals surface area contributed by atoms with Gasteiger partial charge in [-0.1, -0.05) is 30.3 Å². The summed E-state index contributed by atoms with van der Waals surface area (Å²) in [7, 11) is 0. The van der Waals surface area contributed by atoms with Gasteiger partial charge in [0.15, 0.2) is 6.61 Å². The minimum atomic E-state index is -0.137. The first-order valence-electron chi connectivity index (χ1n) is 7.77. The van der Waals surface area contributed by atoms with E-state index < -0.39 is 0 Å². The molecule has 0 aliphatic carbocycles. The summed E-state index contributed by atoms with van der Waals surface area (Å²) in [5.74, 6) is 0.374. The summed E-state index contributed by atoms with van der Waals surface area (Å²) < 4.78 is 5.59. The summed E-state index contributed by atoms with van der Waals surface area (Å²) in [4.78, 5) is 15.5. The second-order valence-corrected chi connectivity index (χ2v) is 6.36. The Balaban J connectivity index is 1.73. The Morgan fingerprint density at radius 1 is 1.08 bits per heavy atom. The second-order valence-electron chi connectivity index (χ2n) is 5.32. The monoisotopic (exact) mass is 348 g/mol. The molecule has 0 aliphatic rings. The Bertz CT molecular complexity index is 870. The van der Waals surface area contributed by atoms with Gasteiger partial charge in [-0.15, -0.1) is 11.3 Å². The number of hydrogen-bond donors (Lipinski definition) is 0. The van der Waals surface area contributed by atoms with E-state index in [1.54, 1.807) is 40.5 Å². The first-order valence-corrected chi connectivity index (χ1v) is 8.65. The minimum Gasteiger partial charge on any atom is -0.484 e. The number of nitrogens with zero attached hydrogens (tertiary/aromatic N) is 2. The molecule has 0 atom stereocenters. The normalized spacial score (nSPS) is 10.0. The van der Waals surface area contributed by atoms with Crippen molar-refractivity contribution >= 4 is 22.9 Å². The highest BCUT2D eigenvalue weighted by atomic mass is 32.1. The SMILES string of the molecule is N#Cc1cccc(OCC(=O)N(Cc2cccs2)c2ccccc2)c1. The average Bonchev–Trinajstić information content (AvgIpc) is 3.18. The molecular weight excluding hydrogens is 332 g/mol. The Hall–Kier alpha value is -3.10. The summed E-state index contributed by atoms with van der Waals surface area (Å²) in [5, 5.41) is 10.9. The summed E-state index contributed by atoms with van der Waals surface area (Å²) in [6.45, 7) is 0.414. The maximum absolute atomic E-state index is 12.7. The molecule has 4 nitrogen and oxygen atoms in total. The van der Waals surface area contributed by atoms with Gasteiger partial charge in [0.1, 0.15) is 5.75 Å². The number of thiophene rings is 1. The number of hydrogen-bond acceptors (Lipinski definition) is 4. The number of carbonyl (C=O) groups excluding carboxylic acids is 1. The van der Waals surface area contributed by atoms with Gasteiger partial charge in [-0.3, -0.25) is 4.79 Å². The highest BCUT2D eigenvalue weighted by molar-refractivity contribution is 7.09. The van der Waals surface area contributed by atoms with Crippen LogP contribution < -0.4 is 9.64 Å². The van der Waals surface area contributed by atoms with Crippen molar-refractivity contribution < 1.29 is 9.53 Å². The van der Waals surface area contributed by atoms with Crippen molar-refractivity contribution in [1.29, 1.82) is 5.26 Å². The fourth-order valence-electron chi connectivity index (χ4n) is 2.37. The number of rotatable bonds is 6. The zero-order valence-electron chi connectivity index (χ0n) is 13.5. The van der Waals surface area contributed by atoms with E-state index in [4.69, 9.17) is 10.00 Å². The van der Waals surface area contributed by atoms with E-state index >= 15 is 0 Å². The largest absolute Gasteiger partial charge is 0.484 e. The molecule has 25 heavy (non-hydrogen) atoms. The molecule has 0 saturated heterocycles. The molecule has 0 spiro atoms. The predicted octanol–water partition coefficient (Wildman–Crippen LogP) is 4.23. The van der Waals surface area contributed by atoms with Crippen molar-refractivity contribution in [2.45, 2.75) is 6.54 Å². The number of nitriles is 1. The van der Waals surface area contributed by atoms with Crippen LogP contribution in [0.25, 0.3) is 0 Å². The van der Waals surface area contributed by atoms with Crippen LogP contribution in [0.2, 0.25) is 0 Å². The van der Waals surface area contributed by atoms with Gasteiger partial charge in [-0.2, -0.15) is 5.26 Å². The van der Waals surface area contributed by atoms with Crippen molar-refractivity contribution in [2.75, 3.05) is 11.5 Å². The van der Waals surface area contributed by atoms with Crippen LogP contribution >= 0.6 is 11.3 Å². The first kappa shape index (κ1) is 16.7. The minimum absolute atomic E-state index is 0.0881. The number of para-hydroxylation sites is 1. The Morgan fingerprint density at radius 3 is 2.64 bits per heavy atom. The molecule has 0 saturated carbocycles. The fourth-order valence-corrected chi connectivity index (χ4v) is 3.06. The lowest BCUT2D eigenvalue weighted by Gasteiger charge is -2.22. The standard InChI is InChI=1S/C20H16N2O2S/c21-13-16-6-4-9-18(12-16)24-15-20(23)22(14-19-10-5-11-25-19)17-7-2-1-3-8-17/h1-12H,14-15H2. The maximum atomic E-state index is 12.7. The Kier molecular flexibility index (Phi) is 5.45. The van der Waals surface area contributed by atoms with Crippen molar-refractivity contribution in [3.05, 3.63) is 82.6 Å². The van der Waals surface area contributed by atoms with Crippen LogP contribution in [0.4, 0.5) is 5.69 Å². The van der Waals surface area contributed by atoms with Crippen LogP contribution in [0.5, 0.6) is 5.75 Å². The molecule has 1 aromatic heterocycles. The zero-order chi connectivity index (χ0) is 17.5. The number of carbonyl (C=O) groups is 1. The molecule has 5 heteroatoms. The van der Waals surface area contributed by atoms with E-state index in [-0.39, 0.29) is 12.5 Å². The van der Waals surface area contributed by atoms with Crippen LogP contribution in [0.3, 0.4) is 0 Å². The number of ether oxygens (including phenoxy) is 1. The van der Waals surface area contributed by atoms with Gasteiger partial charge in [-0.05, 0) is 41.8 Å². The van der Waals surface area contributed by atoms with Gasteiger partial charge >= 0.3 is 0 Å². The van der Waals surface area contributed by atoms with Crippen LogP contribution in [-0.4, -0.2) is 12.5 Å². The third-order valence-corrected chi connectivity index (χ3v) is 4.45. The molecule has 1 heterocycles. The van der Waals surface area contributed by atoms with Gasteiger partial charge < -0.3 is 9.64 Å². The topological polar surface area (TPSA) is 53.3 Å². The lowest BCUT2D eigenvalue weighted by molar-refractivity contribution is -0.120. The molecule has 0 unspecified atom stereocenters. The highest BCUT2D eigenvalue weighted by Crippen LogP contribution is 2.20. The van der Waals surface area contributed by atoms with Crippen molar-refractivity contribution in [2.24, 2.45) is 0 Å². The molecule has 1 amide bonds. The molecule has 0 bridgehead atoms. The van der Waals surface area contributed by atoms with E-state index in [0.29, 0.717) is 17.9 Å². The van der Waals surface area contributed by atoms with Gasteiger partial charge in [0.25, 0.3) is 5.91 Å². The third kappa shape index (κ3) is 4.46. The van der Waals surface area contributed by atoms with Gasteiger partial charge in [0.2, 0.25) is 0 Å². The van der Waals surface area contributed by atoms with Crippen molar-refractivity contribution in [1.82, 2.24) is 0 Å².